The number of nitrogens with zero attached hydrogens (tertiary/aromatic N) is 4. The van der Waals surface area contributed by atoms with Crippen molar-refractivity contribution in [3.8, 4) is 0 Å². The van der Waals surface area contributed by atoms with Crippen molar-refractivity contribution in [2.24, 2.45) is 16.8 Å². The molecule has 1 aromatic rings. The molecule has 0 saturated carbocycles. The lowest BCUT2D eigenvalue weighted by Crippen LogP contribution is -2.35. The van der Waals surface area contributed by atoms with E-state index < -0.39 is 11.9 Å². The fourth-order valence-electron chi connectivity index (χ4n) is 1.55. The number of oxime groups is 1. The molecule has 0 amide bonds. The highest BCUT2D eigenvalue weighted by molar-refractivity contribution is 5.82. The first kappa shape index (κ1) is 16.0. The monoisotopic (exact) mass is 291 g/mol. The number of rotatable bonds is 5. The summed E-state index contributed by atoms with van der Waals surface area (Å²) in [6.45, 7) is 4.41. The van der Waals surface area contributed by atoms with Gasteiger partial charge in [-0.3, -0.25) is 0 Å². The molecule has 0 saturated heterocycles. The number of aromatic nitrogens is 2. The average molecular weight is 291 g/mol. The highest BCUT2D eigenvalue weighted by Crippen LogP contribution is 2.27. The van der Waals surface area contributed by atoms with Crippen molar-refractivity contribution in [2.45, 2.75) is 20.0 Å². The molecule has 0 fully saturated rings. The summed E-state index contributed by atoms with van der Waals surface area (Å²) in [5.41, 5.74) is 4.43. The summed E-state index contributed by atoms with van der Waals surface area (Å²) in [6, 6.07) is 2.12. The molecular formula is C11H16F3N5O. The smallest absolute Gasteiger partial charge is 0.409 e. The molecule has 0 aromatic carbocycles. The van der Waals surface area contributed by atoms with Crippen LogP contribution in [0.2, 0.25) is 0 Å². The van der Waals surface area contributed by atoms with Gasteiger partial charge in [-0.2, -0.15) is 13.2 Å². The van der Waals surface area contributed by atoms with E-state index in [0.29, 0.717) is 18.9 Å². The van der Waals surface area contributed by atoms with Crippen LogP contribution in [0.3, 0.4) is 0 Å². The maximum absolute atomic E-state index is 12.4. The van der Waals surface area contributed by atoms with Gasteiger partial charge in [0.05, 0.1) is 0 Å². The fraction of sp³-hybridized carbons (Fsp3) is 0.545. The van der Waals surface area contributed by atoms with Crippen LogP contribution in [-0.2, 0) is 6.18 Å². The van der Waals surface area contributed by atoms with Crippen molar-refractivity contribution < 1.29 is 18.4 Å². The average Bonchev–Trinajstić information content (AvgIpc) is 2.42. The van der Waals surface area contributed by atoms with Gasteiger partial charge >= 0.3 is 6.18 Å². The van der Waals surface area contributed by atoms with E-state index in [1.807, 2.05) is 6.92 Å². The van der Waals surface area contributed by atoms with Gasteiger partial charge in [-0.15, -0.1) is 10.2 Å². The quantitative estimate of drug-likeness (QED) is 0.373. The van der Waals surface area contributed by atoms with E-state index in [-0.39, 0.29) is 11.8 Å². The minimum absolute atomic E-state index is 0.0447. The van der Waals surface area contributed by atoms with Crippen molar-refractivity contribution in [1.82, 2.24) is 10.2 Å². The van der Waals surface area contributed by atoms with Gasteiger partial charge in [0.25, 0.3) is 0 Å². The van der Waals surface area contributed by atoms with Crippen LogP contribution in [0, 0.1) is 5.92 Å². The molecule has 0 aliphatic heterocycles. The highest BCUT2D eigenvalue weighted by atomic mass is 19.4. The lowest BCUT2D eigenvalue weighted by Gasteiger charge is -2.24. The van der Waals surface area contributed by atoms with Crippen molar-refractivity contribution in [2.75, 3.05) is 18.0 Å². The third-order valence-electron chi connectivity index (χ3n) is 2.76. The SMILES string of the molecule is CCN(CC(C)/C(N)=N/O)c1ccc(C(F)(F)F)nn1. The van der Waals surface area contributed by atoms with E-state index in [2.05, 4.69) is 15.4 Å². The first-order valence-electron chi connectivity index (χ1n) is 5.92. The molecule has 1 atom stereocenters. The molecule has 1 rings (SSSR count). The molecule has 112 valence electrons. The van der Waals surface area contributed by atoms with E-state index in [0.717, 1.165) is 6.07 Å². The molecule has 1 unspecified atom stereocenters. The first-order chi connectivity index (χ1) is 9.29. The predicted octanol–water partition coefficient (Wildman–Crippen LogP) is 1.70. The molecule has 3 N–H and O–H groups in total. The molecule has 1 aromatic heterocycles. The Bertz CT molecular complexity index is 460. The standard InChI is InChI=1S/C11H16F3N5O/c1-3-19(6-7(2)10(15)18-20)9-5-4-8(16-17-9)11(12,13)14/h4-5,7,20H,3,6H2,1-2H3,(H2,15,18). The van der Waals surface area contributed by atoms with Gasteiger partial charge in [-0.05, 0) is 19.1 Å². The Morgan fingerprint density at radius 1 is 1.45 bits per heavy atom. The zero-order valence-corrected chi connectivity index (χ0v) is 11.1. The van der Waals surface area contributed by atoms with E-state index in [9.17, 15) is 13.2 Å². The molecule has 0 bridgehead atoms. The van der Waals surface area contributed by atoms with Crippen molar-refractivity contribution in [3.63, 3.8) is 0 Å². The first-order valence-corrected chi connectivity index (χ1v) is 5.92. The molecular weight excluding hydrogens is 275 g/mol. The Kier molecular flexibility index (Phi) is 5.12. The van der Waals surface area contributed by atoms with Crippen molar-refractivity contribution in [1.29, 1.82) is 0 Å². The maximum Gasteiger partial charge on any atom is 0.435 e. The molecule has 0 spiro atoms. The lowest BCUT2D eigenvalue weighted by atomic mass is 10.1. The van der Waals surface area contributed by atoms with Crippen LogP contribution in [0.15, 0.2) is 17.3 Å². The Balaban J connectivity index is 2.86. The summed E-state index contributed by atoms with van der Waals surface area (Å²) in [4.78, 5) is 1.69. The Hall–Kier alpha value is -2.06. The molecule has 6 nitrogen and oxygen atoms in total. The van der Waals surface area contributed by atoms with Crippen molar-refractivity contribution in [3.05, 3.63) is 17.8 Å². The topological polar surface area (TPSA) is 87.6 Å². The van der Waals surface area contributed by atoms with Gasteiger partial charge < -0.3 is 15.8 Å². The summed E-state index contributed by atoms with van der Waals surface area (Å²) in [5, 5.41) is 18.2. The van der Waals surface area contributed by atoms with Crippen LogP contribution in [0.1, 0.15) is 19.5 Å². The number of amidine groups is 1. The second-order valence-electron chi connectivity index (χ2n) is 4.24. The molecule has 0 aliphatic rings. The number of nitrogens with two attached hydrogens (primary N) is 1. The number of halogens is 3. The normalized spacial score (nSPS) is 14.2. The summed E-state index contributed by atoms with van der Waals surface area (Å²) >= 11 is 0. The van der Waals surface area contributed by atoms with Gasteiger partial charge in [-0.1, -0.05) is 12.1 Å². The Morgan fingerprint density at radius 2 is 2.10 bits per heavy atom. The number of anilines is 1. The van der Waals surface area contributed by atoms with Crippen molar-refractivity contribution >= 4 is 11.7 Å². The second-order valence-corrected chi connectivity index (χ2v) is 4.24. The third kappa shape index (κ3) is 3.97. The second kappa shape index (κ2) is 6.40. The molecule has 1 heterocycles. The van der Waals surface area contributed by atoms with E-state index in [1.165, 1.54) is 6.07 Å². The van der Waals surface area contributed by atoms with E-state index in [4.69, 9.17) is 10.9 Å². The number of alkyl halides is 3. The van der Waals surface area contributed by atoms with Gasteiger partial charge in [0.15, 0.2) is 11.5 Å². The summed E-state index contributed by atoms with van der Waals surface area (Å²) in [5.74, 6) is 0.0745. The van der Waals surface area contributed by atoms with Crippen LogP contribution in [0.4, 0.5) is 19.0 Å². The maximum atomic E-state index is 12.4. The van der Waals surface area contributed by atoms with Crippen LogP contribution >= 0.6 is 0 Å². The minimum atomic E-state index is -4.51. The highest BCUT2D eigenvalue weighted by Gasteiger charge is 2.33. The van der Waals surface area contributed by atoms with E-state index >= 15 is 0 Å². The largest absolute Gasteiger partial charge is 0.435 e. The molecule has 0 radical (unpaired) electrons. The zero-order chi connectivity index (χ0) is 15.3. The zero-order valence-electron chi connectivity index (χ0n) is 11.1. The van der Waals surface area contributed by atoms with Crippen LogP contribution in [0.25, 0.3) is 0 Å². The van der Waals surface area contributed by atoms with Gasteiger partial charge in [0.2, 0.25) is 0 Å². The summed E-state index contributed by atoms with van der Waals surface area (Å²) in [7, 11) is 0. The van der Waals surface area contributed by atoms with Crippen LogP contribution in [0.5, 0.6) is 0 Å². The molecule has 20 heavy (non-hydrogen) atoms. The third-order valence-corrected chi connectivity index (χ3v) is 2.76. The molecule has 9 heteroatoms. The summed E-state index contributed by atoms with van der Waals surface area (Å²) < 4.78 is 37.2. The predicted molar refractivity (Wildman–Crippen MR) is 67.5 cm³/mol. The lowest BCUT2D eigenvalue weighted by molar-refractivity contribution is -0.141. The summed E-state index contributed by atoms with van der Waals surface area (Å²) in [6.07, 6.45) is -4.51. The Labute approximate surface area is 114 Å². The molecule has 0 aliphatic carbocycles. The van der Waals surface area contributed by atoms with Gasteiger partial charge in [-0.25, -0.2) is 0 Å². The number of hydrogen-bond donors (Lipinski definition) is 2. The fourth-order valence-corrected chi connectivity index (χ4v) is 1.55. The van der Waals surface area contributed by atoms with Gasteiger partial charge in [0, 0.05) is 19.0 Å². The van der Waals surface area contributed by atoms with Crippen LogP contribution in [-0.4, -0.2) is 34.3 Å². The number of hydrogen-bond acceptors (Lipinski definition) is 5. The Morgan fingerprint density at radius 3 is 2.50 bits per heavy atom. The van der Waals surface area contributed by atoms with Crippen LogP contribution < -0.4 is 10.6 Å². The van der Waals surface area contributed by atoms with E-state index in [1.54, 1.807) is 11.8 Å². The minimum Gasteiger partial charge on any atom is -0.409 e. The van der Waals surface area contributed by atoms with Gasteiger partial charge in [0.1, 0.15) is 5.84 Å².